The second kappa shape index (κ2) is 7.93. The van der Waals surface area contributed by atoms with Crippen LogP contribution < -0.4 is 10.2 Å². The summed E-state index contributed by atoms with van der Waals surface area (Å²) in [6.07, 6.45) is 5.26. The average Bonchev–Trinajstić information content (AvgIpc) is 3.48. The van der Waals surface area contributed by atoms with Crippen LogP contribution in [0, 0.1) is 0 Å². The van der Waals surface area contributed by atoms with Crippen LogP contribution in [0.15, 0.2) is 42.5 Å². The average molecular weight is 429 g/mol. The van der Waals surface area contributed by atoms with E-state index in [0.717, 1.165) is 62.5 Å². The van der Waals surface area contributed by atoms with Gasteiger partial charge in [-0.1, -0.05) is 35.4 Å². The highest BCUT2D eigenvalue weighted by Gasteiger charge is 2.28. The number of tetrazole rings is 1. The molecule has 2 aromatic heterocycles. The summed E-state index contributed by atoms with van der Waals surface area (Å²) in [5, 5.41) is 18.3. The van der Waals surface area contributed by atoms with E-state index < -0.39 is 0 Å². The molecule has 6 rings (SSSR count). The third kappa shape index (κ3) is 3.39. The number of nitrogens with one attached hydrogen (secondary N) is 2. The molecule has 2 aliphatic heterocycles. The van der Waals surface area contributed by atoms with Crippen molar-refractivity contribution < 1.29 is 0 Å². The normalized spacial score (nSPS) is 20.8. The molecule has 2 aromatic carbocycles. The molecule has 4 aromatic rings. The van der Waals surface area contributed by atoms with Gasteiger partial charge in [0.1, 0.15) is 5.82 Å². The molecule has 0 radical (unpaired) electrons. The monoisotopic (exact) mass is 428 g/mol. The van der Waals surface area contributed by atoms with E-state index in [-0.39, 0.29) is 0 Å². The molecule has 32 heavy (non-hydrogen) atoms. The summed E-state index contributed by atoms with van der Waals surface area (Å²) in [6.45, 7) is 4.09. The SMILES string of the molecule is C[C@H]1CCc2c(ccc3c2nc(Cc2ccccc2)n3[C@H]2CCCN(c3nnn[nH]3)C2)N1. The fourth-order valence-electron chi connectivity index (χ4n) is 5.31. The second-order valence-corrected chi connectivity index (χ2v) is 9.07. The number of piperidine rings is 1. The molecule has 2 aliphatic rings. The first-order valence-corrected chi connectivity index (χ1v) is 11.6. The van der Waals surface area contributed by atoms with Crippen LogP contribution in [0.2, 0.25) is 0 Å². The number of fused-ring (bicyclic) bond motifs is 3. The molecule has 1 fully saturated rings. The molecule has 0 amide bonds. The largest absolute Gasteiger partial charge is 0.382 e. The smallest absolute Gasteiger partial charge is 0.242 e. The maximum atomic E-state index is 5.27. The molecule has 164 valence electrons. The number of benzene rings is 2. The summed E-state index contributed by atoms with van der Waals surface area (Å²) in [4.78, 5) is 7.52. The Kier molecular flexibility index (Phi) is 4.78. The Hall–Kier alpha value is -3.42. The van der Waals surface area contributed by atoms with Crippen LogP contribution in [0.1, 0.15) is 49.2 Å². The van der Waals surface area contributed by atoms with Gasteiger partial charge < -0.3 is 14.8 Å². The summed E-state index contributed by atoms with van der Waals surface area (Å²) in [5.74, 6) is 1.89. The topological polar surface area (TPSA) is 87.6 Å². The standard InChI is InChI=1S/C24H28N8/c1-16-9-10-19-20(25-16)11-12-21-23(19)26-22(14-17-6-3-2-4-7-17)32(21)18-8-5-13-31(15-18)24-27-29-30-28-24/h2-4,6-7,11-12,16,18,25H,5,8-10,13-15H2,1H3,(H,27,28,29,30)/t16-,18-/m0/s1. The lowest BCUT2D eigenvalue weighted by molar-refractivity contribution is 0.401. The summed E-state index contributed by atoms with van der Waals surface area (Å²) in [7, 11) is 0. The lowest BCUT2D eigenvalue weighted by Crippen LogP contribution is -2.37. The molecule has 8 heteroatoms. The second-order valence-electron chi connectivity index (χ2n) is 9.07. The lowest BCUT2D eigenvalue weighted by Gasteiger charge is -2.34. The van der Waals surface area contributed by atoms with E-state index in [0.29, 0.717) is 12.1 Å². The van der Waals surface area contributed by atoms with E-state index in [4.69, 9.17) is 4.98 Å². The highest BCUT2D eigenvalue weighted by atomic mass is 15.5. The van der Waals surface area contributed by atoms with Crippen LogP contribution in [0.4, 0.5) is 11.6 Å². The van der Waals surface area contributed by atoms with Gasteiger partial charge in [-0.05, 0) is 60.7 Å². The first kappa shape index (κ1) is 19.3. The van der Waals surface area contributed by atoms with Crippen molar-refractivity contribution in [2.24, 2.45) is 0 Å². The number of aromatic nitrogens is 6. The highest BCUT2D eigenvalue weighted by Crippen LogP contribution is 2.36. The number of imidazole rings is 1. The number of hydrogen-bond acceptors (Lipinski definition) is 6. The van der Waals surface area contributed by atoms with Gasteiger partial charge in [0, 0.05) is 36.8 Å². The van der Waals surface area contributed by atoms with Crippen LogP contribution >= 0.6 is 0 Å². The van der Waals surface area contributed by atoms with Gasteiger partial charge in [0.2, 0.25) is 5.95 Å². The zero-order valence-electron chi connectivity index (χ0n) is 18.3. The van der Waals surface area contributed by atoms with Gasteiger partial charge in [-0.3, -0.25) is 0 Å². The number of rotatable bonds is 4. The zero-order chi connectivity index (χ0) is 21.5. The van der Waals surface area contributed by atoms with Crippen molar-refractivity contribution in [1.82, 2.24) is 30.2 Å². The third-order valence-electron chi connectivity index (χ3n) is 6.87. The van der Waals surface area contributed by atoms with Crippen molar-refractivity contribution in [2.45, 2.75) is 51.1 Å². The summed E-state index contributed by atoms with van der Waals surface area (Å²) in [6, 6.07) is 16.0. The van der Waals surface area contributed by atoms with Gasteiger partial charge >= 0.3 is 0 Å². The van der Waals surface area contributed by atoms with Crippen LogP contribution in [0.25, 0.3) is 11.0 Å². The molecule has 8 nitrogen and oxygen atoms in total. The molecule has 2 atom stereocenters. The Morgan fingerprint density at radius 2 is 2.00 bits per heavy atom. The minimum Gasteiger partial charge on any atom is -0.382 e. The molecule has 4 heterocycles. The number of aromatic amines is 1. The molecular formula is C24H28N8. The molecule has 0 unspecified atom stereocenters. The molecule has 1 saturated heterocycles. The minimum absolute atomic E-state index is 0.325. The highest BCUT2D eigenvalue weighted by molar-refractivity contribution is 5.86. The number of aryl methyl sites for hydroxylation is 1. The first-order chi connectivity index (χ1) is 15.8. The quantitative estimate of drug-likeness (QED) is 0.515. The van der Waals surface area contributed by atoms with E-state index in [2.05, 4.69) is 84.8 Å². The van der Waals surface area contributed by atoms with Gasteiger partial charge in [-0.2, -0.15) is 0 Å². The van der Waals surface area contributed by atoms with Gasteiger partial charge in [-0.25, -0.2) is 10.1 Å². The van der Waals surface area contributed by atoms with Crippen molar-refractivity contribution in [3.8, 4) is 0 Å². The Morgan fingerprint density at radius 3 is 2.84 bits per heavy atom. The van der Waals surface area contributed by atoms with Crippen LogP contribution in [0.3, 0.4) is 0 Å². The number of nitrogens with zero attached hydrogens (tertiary/aromatic N) is 6. The summed E-state index contributed by atoms with van der Waals surface area (Å²) in [5.41, 5.74) is 6.29. The third-order valence-corrected chi connectivity index (χ3v) is 6.87. The summed E-state index contributed by atoms with van der Waals surface area (Å²) < 4.78 is 2.50. The lowest BCUT2D eigenvalue weighted by atomic mass is 9.97. The molecule has 2 N–H and O–H groups in total. The van der Waals surface area contributed by atoms with Crippen LogP contribution in [-0.2, 0) is 12.8 Å². The zero-order valence-corrected chi connectivity index (χ0v) is 18.3. The van der Waals surface area contributed by atoms with Crippen molar-refractivity contribution in [2.75, 3.05) is 23.3 Å². The molecule has 0 spiro atoms. The maximum Gasteiger partial charge on any atom is 0.242 e. The Labute approximate surface area is 187 Å². The summed E-state index contributed by atoms with van der Waals surface area (Å²) >= 11 is 0. The van der Waals surface area contributed by atoms with E-state index in [1.165, 1.54) is 22.3 Å². The Balaban J connectivity index is 1.45. The molecular weight excluding hydrogens is 400 g/mol. The molecule has 0 saturated carbocycles. The van der Waals surface area contributed by atoms with Gasteiger partial charge in [0.25, 0.3) is 0 Å². The predicted molar refractivity (Wildman–Crippen MR) is 125 cm³/mol. The number of H-pyrrole nitrogens is 1. The van der Waals surface area contributed by atoms with Gasteiger partial charge in [0.15, 0.2) is 0 Å². The fourth-order valence-corrected chi connectivity index (χ4v) is 5.31. The van der Waals surface area contributed by atoms with Crippen LogP contribution in [-0.4, -0.2) is 49.3 Å². The predicted octanol–water partition coefficient (Wildman–Crippen LogP) is 3.73. The Bertz CT molecular complexity index is 1210. The van der Waals surface area contributed by atoms with Gasteiger partial charge in [0.05, 0.1) is 17.1 Å². The van der Waals surface area contributed by atoms with E-state index in [1.54, 1.807) is 0 Å². The molecule has 0 bridgehead atoms. The first-order valence-electron chi connectivity index (χ1n) is 11.6. The van der Waals surface area contributed by atoms with Crippen molar-refractivity contribution in [3.05, 3.63) is 59.4 Å². The van der Waals surface area contributed by atoms with E-state index in [1.807, 2.05) is 0 Å². The molecule has 0 aliphatic carbocycles. The van der Waals surface area contributed by atoms with Crippen molar-refractivity contribution in [1.29, 1.82) is 0 Å². The maximum absolute atomic E-state index is 5.27. The van der Waals surface area contributed by atoms with Crippen molar-refractivity contribution in [3.63, 3.8) is 0 Å². The van der Waals surface area contributed by atoms with Crippen LogP contribution in [0.5, 0.6) is 0 Å². The number of hydrogen-bond donors (Lipinski definition) is 2. The minimum atomic E-state index is 0.325. The Morgan fingerprint density at radius 1 is 1.09 bits per heavy atom. The van der Waals surface area contributed by atoms with Crippen molar-refractivity contribution >= 4 is 22.7 Å². The number of anilines is 2. The van der Waals surface area contributed by atoms with Gasteiger partial charge in [-0.15, -0.1) is 0 Å². The van der Waals surface area contributed by atoms with E-state index >= 15 is 0 Å². The fraction of sp³-hybridized carbons (Fsp3) is 0.417. The van der Waals surface area contributed by atoms with E-state index in [9.17, 15) is 0 Å².